The zero-order valence-electron chi connectivity index (χ0n) is 14.4. The van der Waals surface area contributed by atoms with E-state index in [0.29, 0.717) is 29.4 Å². The molecule has 0 bridgehead atoms. The summed E-state index contributed by atoms with van der Waals surface area (Å²) in [6.45, 7) is -0.146. The van der Waals surface area contributed by atoms with Crippen LogP contribution in [0.15, 0.2) is 42.7 Å². The van der Waals surface area contributed by atoms with Crippen LogP contribution in [0.3, 0.4) is 0 Å². The van der Waals surface area contributed by atoms with E-state index >= 15 is 0 Å². The predicted molar refractivity (Wildman–Crippen MR) is 97.4 cm³/mol. The van der Waals surface area contributed by atoms with E-state index in [1.165, 1.54) is 0 Å². The van der Waals surface area contributed by atoms with Crippen molar-refractivity contribution in [3.63, 3.8) is 0 Å². The molecule has 1 fully saturated rings. The minimum absolute atomic E-state index is 0.142. The zero-order valence-corrected chi connectivity index (χ0v) is 15.1. The van der Waals surface area contributed by atoms with Gasteiger partial charge in [-0.25, -0.2) is 0 Å². The summed E-state index contributed by atoms with van der Waals surface area (Å²) in [5.74, 6) is 0.958. The highest BCUT2D eigenvalue weighted by atomic mass is 35.5. The molecule has 1 aromatic heterocycles. The number of benzene rings is 1. The number of hydrogen-bond acceptors (Lipinski definition) is 5. The molecule has 0 unspecified atom stereocenters. The number of carbonyl (C=O) groups excluding carboxylic acids is 1. The van der Waals surface area contributed by atoms with Gasteiger partial charge in [-0.3, -0.25) is 9.78 Å². The van der Waals surface area contributed by atoms with Gasteiger partial charge in [0.25, 0.3) is 5.91 Å². The fraction of sp³-hybridized carbons (Fsp3) is 0.368. The Labute approximate surface area is 157 Å². The van der Waals surface area contributed by atoms with Crippen molar-refractivity contribution in [2.45, 2.75) is 25.0 Å². The number of aromatic nitrogens is 1. The highest BCUT2D eigenvalue weighted by Crippen LogP contribution is 2.38. The van der Waals surface area contributed by atoms with Crippen LogP contribution in [-0.2, 0) is 4.79 Å². The van der Waals surface area contributed by atoms with E-state index in [1.54, 1.807) is 43.8 Å². The first-order valence-electron chi connectivity index (χ1n) is 8.40. The number of carbonyl (C=O) groups is 1. The molecule has 1 aliphatic rings. The highest BCUT2D eigenvalue weighted by Gasteiger charge is 2.36. The third-order valence-corrected chi connectivity index (χ3v) is 4.77. The highest BCUT2D eigenvalue weighted by molar-refractivity contribution is 6.32. The third-order valence-electron chi connectivity index (χ3n) is 4.46. The normalized spacial score (nSPS) is 20.0. The Morgan fingerprint density at radius 3 is 2.85 bits per heavy atom. The van der Waals surface area contributed by atoms with Gasteiger partial charge in [0.05, 0.1) is 30.5 Å². The number of nitrogens with one attached hydrogen (secondary N) is 1. The van der Waals surface area contributed by atoms with Crippen molar-refractivity contribution >= 4 is 17.5 Å². The largest absolute Gasteiger partial charge is 0.495 e. The maximum Gasteiger partial charge on any atom is 0.258 e. The van der Waals surface area contributed by atoms with Gasteiger partial charge in [-0.05, 0) is 42.5 Å². The molecule has 138 valence electrons. The second-order valence-corrected chi connectivity index (χ2v) is 6.71. The van der Waals surface area contributed by atoms with Crippen LogP contribution in [-0.4, -0.2) is 35.8 Å². The number of pyridine rings is 1. The van der Waals surface area contributed by atoms with Crippen molar-refractivity contribution in [1.29, 1.82) is 0 Å². The molecule has 7 heteroatoms. The van der Waals surface area contributed by atoms with Gasteiger partial charge in [0.15, 0.2) is 6.61 Å². The van der Waals surface area contributed by atoms with Gasteiger partial charge in [0, 0.05) is 6.20 Å². The van der Waals surface area contributed by atoms with Crippen LogP contribution in [0.25, 0.3) is 0 Å². The lowest BCUT2D eigenvalue weighted by Crippen LogP contribution is -2.42. The molecule has 0 aliphatic heterocycles. The lowest BCUT2D eigenvalue weighted by Gasteiger charge is -2.38. The van der Waals surface area contributed by atoms with Gasteiger partial charge >= 0.3 is 0 Å². The average molecular weight is 377 g/mol. The summed E-state index contributed by atoms with van der Waals surface area (Å²) >= 11 is 6.03. The van der Waals surface area contributed by atoms with Crippen LogP contribution in [0, 0.1) is 5.92 Å². The predicted octanol–water partition coefficient (Wildman–Crippen LogP) is 2.75. The van der Waals surface area contributed by atoms with Crippen molar-refractivity contribution in [2.75, 3.05) is 13.7 Å². The minimum Gasteiger partial charge on any atom is -0.495 e. The number of aliphatic hydroxyl groups excluding tert-OH is 1. The van der Waals surface area contributed by atoms with E-state index in [-0.39, 0.29) is 30.6 Å². The van der Waals surface area contributed by atoms with Crippen molar-refractivity contribution in [3.8, 4) is 11.5 Å². The molecule has 1 atom stereocenters. The Bertz CT molecular complexity index is 765. The van der Waals surface area contributed by atoms with Gasteiger partial charge in [-0.1, -0.05) is 23.7 Å². The number of para-hydroxylation sites is 1. The van der Waals surface area contributed by atoms with Crippen LogP contribution in [0.5, 0.6) is 11.5 Å². The average Bonchev–Trinajstić information content (AvgIpc) is 2.63. The van der Waals surface area contributed by atoms with Gasteiger partial charge in [0.2, 0.25) is 0 Å². The standard InChI is InChI=1S/C19H21ClN2O4/c1-25-15-8-13(9-21-10-15)19(12-6-14(23)7-12)22-18(24)11-26-17-5-3-2-4-16(17)20/h2-5,8-10,12,14,19,23H,6-7,11H2,1H3,(H,22,24)/t12?,14?,19-/m1/s1. The van der Waals surface area contributed by atoms with Gasteiger partial charge in [-0.2, -0.15) is 0 Å². The molecule has 2 aromatic rings. The second kappa shape index (κ2) is 8.38. The number of ether oxygens (including phenoxy) is 2. The molecule has 1 aliphatic carbocycles. The van der Waals surface area contributed by atoms with E-state index in [2.05, 4.69) is 10.3 Å². The maximum atomic E-state index is 12.4. The summed E-state index contributed by atoms with van der Waals surface area (Å²) in [6.07, 6.45) is 4.25. The van der Waals surface area contributed by atoms with E-state index in [9.17, 15) is 9.90 Å². The van der Waals surface area contributed by atoms with E-state index < -0.39 is 0 Å². The Hall–Kier alpha value is -2.31. The maximum absolute atomic E-state index is 12.4. The second-order valence-electron chi connectivity index (χ2n) is 6.31. The van der Waals surface area contributed by atoms with Crippen molar-refractivity contribution in [3.05, 3.63) is 53.3 Å². The third kappa shape index (κ3) is 4.45. The SMILES string of the molecule is COc1cncc([C@H](NC(=O)COc2ccccc2Cl)C2CC(O)C2)c1. The molecule has 0 radical (unpaired) electrons. The first kappa shape index (κ1) is 18.5. The van der Waals surface area contributed by atoms with Crippen LogP contribution in [0.2, 0.25) is 5.02 Å². The van der Waals surface area contributed by atoms with Crippen LogP contribution in [0.1, 0.15) is 24.4 Å². The minimum atomic E-state index is -0.322. The molecule has 1 aromatic carbocycles. The van der Waals surface area contributed by atoms with Gasteiger partial charge in [0.1, 0.15) is 11.5 Å². The number of amides is 1. The first-order chi connectivity index (χ1) is 12.6. The summed E-state index contributed by atoms with van der Waals surface area (Å²) in [7, 11) is 1.57. The molecule has 1 saturated carbocycles. The first-order valence-corrected chi connectivity index (χ1v) is 8.78. The van der Waals surface area contributed by atoms with E-state index in [0.717, 1.165) is 5.56 Å². The summed E-state index contributed by atoms with van der Waals surface area (Å²) < 4.78 is 10.7. The fourth-order valence-electron chi connectivity index (χ4n) is 3.01. The van der Waals surface area contributed by atoms with Crippen molar-refractivity contribution < 1.29 is 19.4 Å². The van der Waals surface area contributed by atoms with Crippen LogP contribution >= 0.6 is 11.6 Å². The lowest BCUT2D eigenvalue weighted by atomic mass is 9.75. The molecular formula is C19H21ClN2O4. The number of methoxy groups -OCH3 is 1. The molecule has 3 rings (SSSR count). The molecule has 1 amide bonds. The van der Waals surface area contributed by atoms with Crippen molar-refractivity contribution in [1.82, 2.24) is 10.3 Å². The quantitative estimate of drug-likeness (QED) is 0.776. The number of aliphatic hydroxyl groups is 1. The van der Waals surface area contributed by atoms with Gasteiger partial charge in [-0.15, -0.1) is 0 Å². The van der Waals surface area contributed by atoms with Gasteiger partial charge < -0.3 is 19.9 Å². The van der Waals surface area contributed by atoms with Crippen molar-refractivity contribution in [2.24, 2.45) is 5.92 Å². The summed E-state index contributed by atoms with van der Waals surface area (Å²) in [4.78, 5) is 16.6. The van der Waals surface area contributed by atoms with E-state index in [1.807, 2.05) is 6.07 Å². The van der Waals surface area contributed by atoms with Crippen LogP contribution in [0.4, 0.5) is 0 Å². The zero-order chi connectivity index (χ0) is 18.5. The molecule has 6 nitrogen and oxygen atoms in total. The molecule has 1 heterocycles. The van der Waals surface area contributed by atoms with E-state index in [4.69, 9.17) is 21.1 Å². The number of hydrogen-bond donors (Lipinski definition) is 2. The Morgan fingerprint density at radius 1 is 1.38 bits per heavy atom. The van der Waals surface area contributed by atoms with Crippen LogP contribution < -0.4 is 14.8 Å². The fourth-order valence-corrected chi connectivity index (χ4v) is 3.20. The Kier molecular flexibility index (Phi) is 5.96. The molecule has 26 heavy (non-hydrogen) atoms. The molecular weight excluding hydrogens is 356 g/mol. The number of rotatable bonds is 7. The summed E-state index contributed by atoms with van der Waals surface area (Å²) in [6, 6.07) is 8.58. The summed E-state index contributed by atoms with van der Waals surface area (Å²) in [5.41, 5.74) is 0.840. The number of halogens is 1. The molecule has 0 saturated heterocycles. The molecule has 2 N–H and O–H groups in total. The smallest absolute Gasteiger partial charge is 0.258 e. The lowest BCUT2D eigenvalue weighted by molar-refractivity contribution is -0.125. The monoisotopic (exact) mass is 376 g/mol. The topological polar surface area (TPSA) is 80.7 Å². The molecule has 0 spiro atoms. The Morgan fingerprint density at radius 2 is 2.15 bits per heavy atom. The number of nitrogens with zero attached hydrogens (tertiary/aromatic N) is 1. The Balaban J connectivity index is 1.67. The summed E-state index contributed by atoms with van der Waals surface area (Å²) in [5, 5.41) is 13.1.